The van der Waals surface area contributed by atoms with Crippen molar-refractivity contribution in [2.24, 2.45) is 0 Å². The van der Waals surface area contributed by atoms with Crippen LogP contribution in [0.1, 0.15) is 28.4 Å². The fourth-order valence-electron chi connectivity index (χ4n) is 3.29. The van der Waals surface area contributed by atoms with E-state index in [9.17, 15) is 0 Å². The molecule has 1 N–H and O–H groups in total. The molecule has 1 atom stereocenters. The van der Waals surface area contributed by atoms with Crippen molar-refractivity contribution in [3.05, 3.63) is 114 Å². The molecular formula is C25H24N2O. The largest absolute Gasteiger partial charge is 0.444 e. The number of nitrogens with zero attached hydrogens (tertiary/aromatic N) is 1. The Morgan fingerprint density at radius 3 is 2.25 bits per heavy atom. The molecule has 0 spiro atoms. The Morgan fingerprint density at radius 1 is 0.857 bits per heavy atom. The zero-order valence-electron chi connectivity index (χ0n) is 16.0. The van der Waals surface area contributed by atoms with E-state index in [1.165, 1.54) is 16.7 Å². The second kappa shape index (κ2) is 8.68. The summed E-state index contributed by atoms with van der Waals surface area (Å²) in [7, 11) is 0. The first kappa shape index (κ1) is 18.2. The lowest BCUT2D eigenvalue weighted by Gasteiger charge is -2.19. The van der Waals surface area contributed by atoms with Gasteiger partial charge in [0.2, 0.25) is 5.89 Å². The van der Waals surface area contributed by atoms with Gasteiger partial charge in [-0.05, 0) is 36.6 Å². The van der Waals surface area contributed by atoms with Crippen LogP contribution in [0.15, 0.2) is 95.6 Å². The molecule has 0 fully saturated rings. The number of oxazole rings is 1. The summed E-state index contributed by atoms with van der Waals surface area (Å²) in [5.41, 5.74) is 5.71. The normalized spacial score (nSPS) is 12.0. The molecule has 1 heterocycles. The maximum absolute atomic E-state index is 5.70. The van der Waals surface area contributed by atoms with Crippen LogP contribution < -0.4 is 5.32 Å². The first-order valence-corrected chi connectivity index (χ1v) is 9.61. The molecule has 1 unspecified atom stereocenters. The molecule has 4 rings (SSSR count). The van der Waals surface area contributed by atoms with E-state index < -0.39 is 0 Å². The second-order valence-electron chi connectivity index (χ2n) is 7.04. The van der Waals surface area contributed by atoms with Gasteiger partial charge in [0.1, 0.15) is 6.26 Å². The van der Waals surface area contributed by atoms with Crippen LogP contribution in [0.4, 0.5) is 0 Å². The SMILES string of the molecule is Cc1ccc(-c2nc(CNC(Cc3ccccc3)c3ccccc3)co2)cc1. The molecule has 0 aliphatic rings. The Kier molecular flexibility index (Phi) is 5.64. The molecule has 0 bridgehead atoms. The lowest BCUT2D eigenvalue weighted by Crippen LogP contribution is -2.23. The number of nitrogens with one attached hydrogen (secondary N) is 1. The first-order chi connectivity index (χ1) is 13.8. The molecule has 0 saturated heterocycles. The van der Waals surface area contributed by atoms with Crippen LogP contribution >= 0.6 is 0 Å². The van der Waals surface area contributed by atoms with Gasteiger partial charge in [-0.1, -0.05) is 78.4 Å². The Labute approximate surface area is 166 Å². The molecule has 0 amide bonds. The van der Waals surface area contributed by atoms with Gasteiger partial charge >= 0.3 is 0 Å². The number of hydrogen-bond donors (Lipinski definition) is 1. The van der Waals surface area contributed by atoms with E-state index in [2.05, 4.69) is 90.0 Å². The third-order valence-corrected chi connectivity index (χ3v) is 4.86. The van der Waals surface area contributed by atoms with Crippen molar-refractivity contribution in [1.82, 2.24) is 10.3 Å². The minimum absolute atomic E-state index is 0.211. The zero-order chi connectivity index (χ0) is 19.2. The highest BCUT2D eigenvalue weighted by atomic mass is 16.3. The molecular weight excluding hydrogens is 344 g/mol. The van der Waals surface area contributed by atoms with Crippen LogP contribution in [0.3, 0.4) is 0 Å². The van der Waals surface area contributed by atoms with E-state index in [4.69, 9.17) is 4.42 Å². The maximum Gasteiger partial charge on any atom is 0.226 e. The van der Waals surface area contributed by atoms with Gasteiger partial charge in [-0.2, -0.15) is 0 Å². The highest BCUT2D eigenvalue weighted by Crippen LogP contribution is 2.21. The number of aryl methyl sites for hydroxylation is 1. The van der Waals surface area contributed by atoms with E-state index in [1.807, 2.05) is 12.1 Å². The van der Waals surface area contributed by atoms with Crippen LogP contribution in [0.5, 0.6) is 0 Å². The zero-order valence-corrected chi connectivity index (χ0v) is 16.0. The van der Waals surface area contributed by atoms with Crippen molar-refractivity contribution in [3.8, 4) is 11.5 Å². The molecule has 0 radical (unpaired) electrons. The molecule has 4 aromatic rings. The highest BCUT2D eigenvalue weighted by molar-refractivity contribution is 5.53. The summed E-state index contributed by atoms with van der Waals surface area (Å²) in [5.74, 6) is 0.663. The van der Waals surface area contributed by atoms with Crippen molar-refractivity contribution >= 4 is 0 Å². The van der Waals surface area contributed by atoms with Crippen molar-refractivity contribution in [2.75, 3.05) is 0 Å². The molecule has 3 aromatic carbocycles. The topological polar surface area (TPSA) is 38.1 Å². The molecule has 0 saturated carbocycles. The smallest absolute Gasteiger partial charge is 0.226 e. The third kappa shape index (κ3) is 4.56. The average molecular weight is 368 g/mol. The average Bonchev–Trinajstić information content (AvgIpc) is 3.22. The predicted octanol–water partition coefficient (Wildman–Crippen LogP) is 5.72. The Morgan fingerprint density at radius 2 is 1.54 bits per heavy atom. The van der Waals surface area contributed by atoms with Gasteiger partial charge in [-0.3, -0.25) is 0 Å². The first-order valence-electron chi connectivity index (χ1n) is 9.61. The lowest BCUT2D eigenvalue weighted by molar-refractivity contribution is 0.521. The van der Waals surface area contributed by atoms with E-state index in [0.29, 0.717) is 12.4 Å². The van der Waals surface area contributed by atoms with Crippen LogP contribution in [0, 0.1) is 6.92 Å². The maximum atomic E-state index is 5.70. The number of hydrogen-bond acceptors (Lipinski definition) is 3. The summed E-state index contributed by atoms with van der Waals surface area (Å²) >= 11 is 0. The Bertz CT molecular complexity index is 992. The number of aromatic nitrogens is 1. The van der Waals surface area contributed by atoms with Crippen LogP contribution in [0.2, 0.25) is 0 Å². The van der Waals surface area contributed by atoms with Crippen molar-refractivity contribution < 1.29 is 4.42 Å². The molecule has 28 heavy (non-hydrogen) atoms. The van der Waals surface area contributed by atoms with Crippen LogP contribution in [0.25, 0.3) is 11.5 Å². The molecule has 3 nitrogen and oxygen atoms in total. The third-order valence-electron chi connectivity index (χ3n) is 4.86. The molecule has 3 heteroatoms. The minimum Gasteiger partial charge on any atom is -0.444 e. The van der Waals surface area contributed by atoms with E-state index in [0.717, 1.165) is 17.7 Å². The van der Waals surface area contributed by atoms with Gasteiger partial charge in [0.25, 0.3) is 0 Å². The van der Waals surface area contributed by atoms with E-state index in [-0.39, 0.29) is 6.04 Å². The summed E-state index contributed by atoms with van der Waals surface area (Å²) in [6, 6.07) is 29.6. The summed E-state index contributed by atoms with van der Waals surface area (Å²) < 4.78 is 5.70. The van der Waals surface area contributed by atoms with Crippen molar-refractivity contribution in [1.29, 1.82) is 0 Å². The Balaban J connectivity index is 1.48. The molecule has 1 aromatic heterocycles. The minimum atomic E-state index is 0.211. The summed E-state index contributed by atoms with van der Waals surface area (Å²) in [4.78, 5) is 4.65. The lowest BCUT2D eigenvalue weighted by atomic mass is 9.99. The van der Waals surface area contributed by atoms with Gasteiger partial charge in [-0.25, -0.2) is 4.98 Å². The highest BCUT2D eigenvalue weighted by Gasteiger charge is 2.13. The monoisotopic (exact) mass is 368 g/mol. The van der Waals surface area contributed by atoms with Crippen LogP contribution in [-0.2, 0) is 13.0 Å². The standard InChI is InChI=1S/C25H24N2O/c1-19-12-14-22(15-13-19)25-27-23(18-28-25)17-26-24(21-10-6-3-7-11-21)16-20-8-4-2-5-9-20/h2-15,18,24,26H,16-17H2,1H3. The van der Waals surface area contributed by atoms with Gasteiger partial charge < -0.3 is 9.73 Å². The fraction of sp³-hybridized carbons (Fsp3) is 0.160. The van der Waals surface area contributed by atoms with Gasteiger partial charge in [0.05, 0.1) is 5.69 Å². The number of rotatable bonds is 7. The van der Waals surface area contributed by atoms with Gasteiger partial charge in [0.15, 0.2) is 0 Å². The molecule has 140 valence electrons. The Hall–Kier alpha value is -3.17. The molecule has 0 aliphatic heterocycles. The van der Waals surface area contributed by atoms with Gasteiger partial charge in [0, 0.05) is 18.2 Å². The summed E-state index contributed by atoms with van der Waals surface area (Å²) in [6.45, 7) is 2.73. The molecule has 0 aliphatic carbocycles. The van der Waals surface area contributed by atoms with Crippen molar-refractivity contribution in [3.63, 3.8) is 0 Å². The van der Waals surface area contributed by atoms with Gasteiger partial charge in [-0.15, -0.1) is 0 Å². The van der Waals surface area contributed by atoms with E-state index >= 15 is 0 Å². The quantitative estimate of drug-likeness (QED) is 0.453. The summed E-state index contributed by atoms with van der Waals surface area (Å²) in [6.07, 6.45) is 2.67. The van der Waals surface area contributed by atoms with E-state index in [1.54, 1.807) is 6.26 Å². The van der Waals surface area contributed by atoms with Crippen LogP contribution in [-0.4, -0.2) is 4.98 Å². The number of benzene rings is 3. The summed E-state index contributed by atoms with van der Waals surface area (Å²) in [5, 5.41) is 3.65. The predicted molar refractivity (Wildman–Crippen MR) is 113 cm³/mol. The van der Waals surface area contributed by atoms with Crippen molar-refractivity contribution in [2.45, 2.75) is 25.9 Å². The second-order valence-corrected chi connectivity index (χ2v) is 7.04. The fourth-order valence-corrected chi connectivity index (χ4v) is 3.29.